The number of phenols is 2. The van der Waals surface area contributed by atoms with Crippen molar-refractivity contribution in [2.45, 2.75) is 0 Å². The summed E-state index contributed by atoms with van der Waals surface area (Å²) in [5.41, 5.74) is 1.89. The van der Waals surface area contributed by atoms with Crippen molar-refractivity contribution in [2.75, 3.05) is 28.4 Å². The van der Waals surface area contributed by atoms with E-state index in [-0.39, 0.29) is 17.3 Å². The second-order valence-corrected chi connectivity index (χ2v) is 7.04. The summed E-state index contributed by atoms with van der Waals surface area (Å²) in [6.45, 7) is 0. The summed E-state index contributed by atoms with van der Waals surface area (Å²) in [4.78, 5) is 17.2. The van der Waals surface area contributed by atoms with Crippen LogP contribution in [0.2, 0.25) is 0 Å². The predicted molar refractivity (Wildman–Crippen MR) is 129 cm³/mol. The Morgan fingerprint density at radius 3 is 2.09 bits per heavy atom. The van der Waals surface area contributed by atoms with E-state index in [9.17, 15) is 15.0 Å². The molecule has 0 saturated carbocycles. The minimum atomic E-state index is -0.250. The highest BCUT2D eigenvalue weighted by molar-refractivity contribution is 6.07. The molecule has 2 N–H and O–H groups in total. The summed E-state index contributed by atoms with van der Waals surface area (Å²) in [5, 5.41) is 19.4. The first-order valence-electron chi connectivity index (χ1n) is 10.2. The normalized spacial score (nSPS) is 11.1. The largest absolute Gasteiger partial charge is 0.508 e. The average molecular weight is 463 g/mol. The van der Waals surface area contributed by atoms with Crippen molar-refractivity contribution < 1.29 is 34.0 Å². The number of methoxy groups -OCH3 is 4. The number of rotatable bonds is 9. The molecule has 0 bridgehead atoms. The Labute approximate surface area is 197 Å². The number of hydrogen-bond donors (Lipinski definition) is 2. The SMILES string of the molecule is COc1ccc(C(=O)/C=C/c2cc(OC)c(OC)c(OC)c2)cc1N=Cc1ccc(O)cc1O. The number of benzene rings is 3. The Balaban J connectivity index is 1.88. The maximum atomic E-state index is 12.8. The molecule has 0 aromatic heterocycles. The Bertz CT molecular complexity index is 1220. The zero-order valence-electron chi connectivity index (χ0n) is 19.2. The molecule has 0 aliphatic heterocycles. The van der Waals surface area contributed by atoms with Crippen LogP contribution in [0, 0.1) is 0 Å². The van der Waals surface area contributed by atoms with Gasteiger partial charge in [-0.3, -0.25) is 9.79 Å². The number of aliphatic imine (C=N–C) groups is 1. The van der Waals surface area contributed by atoms with E-state index in [1.807, 2.05) is 0 Å². The first-order chi connectivity index (χ1) is 16.4. The van der Waals surface area contributed by atoms with Gasteiger partial charge in [0.05, 0.1) is 28.4 Å². The smallest absolute Gasteiger partial charge is 0.203 e. The van der Waals surface area contributed by atoms with Crippen LogP contribution in [-0.4, -0.2) is 50.7 Å². The van der Waals surface area contributed by atoms with E-state index in [4.69, 9.17) is 18.9 Å². The van der Waals surface area contributed by atoms with Crippen molar-refractivity contribution in [3.63, 3.8) is 0 Å². The van der Waals surface area contributed by atoms with Crippen LogP contribution in [0.5, 0.6) is 34.5 Å². The van der Waals surface area contributed by atoms with Crippen molar-refractivity contribution in [3.05, 3.63) is 71.3 Å². The molecule has 0 spiro atoms. The third-order valence-corrected chi connectivity index (χ3v) is 4.93. The van der Waals surface area contributed by atoms with Gasteiger partial charge in [-0.25, -0.2) is 0 Å². The highest BCUT2D eigenvalue weighted by Crippen LogP contribution is 2.38. The minimum absolute atomic E-state index is 0.0567. The number of hydrogen-bond acceptors (Lipinski definition) is 8. The number of aromatic hydroxyl groups is 2. The maximum absolute atomic E-state index is 12.8. The number of ketones is 1. The lowest BCUT2D eigenvalue weighted by atomic mass is 10.1. The summed E-state index contributed by atoms with van der Waals surface area (Å²) in [7, 11) is 6.06. The first-order valence-corrected chi connectivity index (χ1v) is 10.2. The molecule has 34 heavy (non-hydrogen) atoms. The standard InChI is InChI=1S/C26H25NO7/c1-31-23-10-7-17(13-20(23)27-15-18-6-8-19(28)14-22(18)30)21(29)9-5-16-11-24(32-2)26(34-4)25(12-16)33-3/h5-15,28,30H,1-4H3/b9-5+,27-15?. The van der Waals surface area contributed by atoms with Crippen LogP contribution in [0.15, 0.2) is 59.6 Å². The van der Waals surface area contributed by atoms with Crippen LogP contribution in [-0.2, 0) is 0 Å². The van der Waals surface area contributed by atoms with Crippen molar-refractivity contribution >= 4 is 23.8 Å². The molecule has 176 valence electrons. The minimum Gasteiger partial charge on any atom is -0.508 e. The molecule has 0 radical (unpaired) electrons. The molecule has 3 aromatic carbocycles. The second-order valence-electron chi connectivity index (χ2n) is 7.04. The Morgan fingerprint density at radius 2 is 1.50 bits per heavy atom. The fourth-order valence-corrected chi connectivity index (χ4v) is 3.19. The van der Waals surface area contributed by atoms with E-state index >= 15 is 0 Å². The van der Waals surface area contributed by atoms with Crippen molar-refractivity contribution in [3.8, 4) is 34.5 Å². The monoisotopic (exact) mass is 463 g/mol. The molecule has 3 aromatic rings. The van der Waals surface area contributed by atoms with Gasteiger partial charge in [0, 0.05) is 23.4 Å². The molecule has 8 nitrogen and oxygen atoms in total. The van der Waals surface area contributed by atoms with Gasteiger partial charge < -0.3 is 29.2 Å². The van der Waals surface area contributed by atoms with Crippen LogP contribution in [0.4, 0.5) is 5.69 Å². The maximum Gasteiger partial charge on any atom is 0.203 e. The van der Waals surface area contributed by atoms with Gasteiger partial charge in [0.25, 0.3) is 0 Å². The Hall–Kier alpha value is -4.46. The fourth-order valence-electron chi connectivity index (χ4n) is 3.19. The molecule has 0 saturated heterocycles. The number of phenolic OH excluding ortho intramolecular Hbond substituents is 2. The van der Waals surface area contributed by atoms with Crippen LogP contribution in [0.3, 0.4) is 0 Å². The molecule has 0 aliphatic carbocycles. The summed E-state index contributed by atoms with van der Waals surface area (Å²) in [6.07, 6.45) is 4.50. The van der Waals surface area contributed by atoms with Crippen LogP contribution >= 0.6 is 0 Å². The molecule has 0 fully saturated rings. The zero-order valence-corrected chi connectivity index (χ0v) is 19.2. The molecule has 0 atom stereocenters. The summed E-state index contributed by atoms with van der Waals surface area (Å²) < 4.78 is 21.3. The number of carbonyl (C=O) groups is 1. The number of allylic oxidation sites excluding steroid dienone is 1. The molecule has 3 rings (SSSR count). The van der Waals surface area contributed by atoms with Gasteiger partial charge in [0.2, 0.25) is 5.75 Å². The molecule has 0 amide bonds. The number of nitrogens with zero attached hydrogens (tertiary/aromatic N) is 1. The molecule has 0 aliphatic rings. The predicted octanol–water partition coefficient (Wildman–Crippen LogP) is 4.78. The van der Waals surface area contributed by atoms with Gasteiger partial charge in [0.1, 0.15) is 22.9 Å². The molecule has 0 unspecified atom stereocenters. The van der Waals surface area contributed by atoms with Crippen molar-refractivity contribution in [2.24, 2.45) is 4.99 Å². The molecular formula is C26H25NO7. The molecule has 8 heteroatoms. The fraction of sp³-hybridized carbons (Fsp3) is 0.154. The summed E-state index contributed by atoms with van der Waals surface area (Å²) >= 11 is 0. The topological polar surface area (TPSA) is 107 Å². The third kappa shape index (κ3) is 5.47. The van der Waals surface area contributed by atoms with Gasteiger partial charge in [0.15, 0.2) is 17.3 Å². The summed E-state index contributed by atoms with van der Waals surface area (Å²) in [6, 6.07) is 12.5. The van der Waals surface area contributed by atoms with Gasteiger partial charge in [-0.05, 0) is 54.1 Å². The average Bonchev–Trinajstić information content (AvgIpc) is 2.85. The lowest BCUT2D eigenvalue weighted by Gasteiger charge is -2.12. The number of ether oxygens (including phenoxy) is 4. The van der Waals surface area contributed by atoms with Crippen LogP contribution in [0.25, 0.3) is 6.08 Å². The van der Waals surface area contributed by atoms with Crippen LogP contribution in [0.1, 0.15) is 21.5 Å². The van der Waals surface area contributed by atoms with E-state index in [0.717, 1.165) is 0 Å². The van der Waals surface area contributed by atoms with E-state index in [0.29, 0.717) is 45.4 Å². The third-order valence-electron chi connectivity index (χ3n) is 4.93. The highest BCUT2D eigenvalue weighted by Gasteiger charge is 2.13. The Kier molecular flexibility index (Phi) is 7.76. The molecule has 0 heterocycles. The van der Waals surface area contributed by atoms with Gasteiger partial charge in [-0.15, -0.1) is 0 Å². The van der Waals surface area contributed by atoms with E-state index in [1.165, 1.54) is 58.9 Å². The van der Waals surface area contributed by atoms with Gasteiger partial charge >= 0.3 is 0 Å². The van der Waals surface area contributed by atoms with Crippen molar-refractivity contribution in [1.29, 1.82) is 0 Å². The lowest BCUT2D eigenvalue weighted by Crippen LogP contribution is -1.97. The molecular weight excluding hydrogens is 438 g/mol. The van der Waals surface area contributed by atoms with E-state index in [2.05, 4.69) is 4.99 Å². The zero-order chi connectivity index (χ0) is 24.7. The first kappa shape index (κ1) is 24.2. The van der Waals surface area contributed by atoms with E-state index < -0.39 is 0 Å². The second kappa shape index (κ2) is 10.9. The van der Waals surface area contributed by atoms with E-state index in [1.54, 1.807) is 36.4 Å². The summed E-state index contributed by atoms with van der Waals surface area (Å²) in [5.74, 6) is 1.45. The number of carbonyl (C=O) groups excluding carboxylic acids is 1. The Morgan fingerprint density at radius 1 is 0.824 bits per heavy atom. The lowest BCUT2D eigenvalue weighted by molar-refractivity contribution is 0.104. The van der Waals surface area contributed by atoms with Crippen molar-refractivity contribution in [1.82, 2.24) is 0 Å². The highest BCUT2D eigenvalue weighted by atomic mass is 16.5. The van der Waals surface area contributed by atoms with Gasteiger partial charge in [-0.2, -0.15) is 0 Å². The quantitative estimate of drug-likeness (QED) is 0.267. The van der Waals surface area contributed by atoms with Crippen LogP contribution < -0.4 is 18.9 Å². The van der Waals surface area contributed by atoms with Gasteiger partial charge in [-0.1, -0.05) is 6.08 Å².